The summed E-state index contributed by atoms with van der Waals surface area (Å²) < 4.78 is 16.9. The standard InChI is InChI=1S/C22H21IN2O6S/c1-4-31-20-16(23)9-13(10-17(20)30-3)11-18-21(27)25(22(28)32-18)12-19(26)24-14-5-7-15(29-2)8-6-14/h5-11H,4,12H2,1-3H3,(H,24,26)/b18-11+. The van der Waals surface area contributed by atoms with Crippen molar-refractivity contribution in [2.45, 2.75) is 6.92 Å². The van der Waals surface area contributed by atoms with Crippen molar-refractivity contribution in [1.29, 1.82) is 0 Å². The second-order valence-corrected chi connectivity index (χ2v) is 8.67. The average Bonchev–Trinajstić information content (AvgIpc) is 3.03. The number of carbonyl (C=O) groups is 3. The van der Waals surface area contributed by atoms with Crippen LogP contribution in [0.5, 0.6) is 17.2 Å². The van der Waals surface area contributed by atoms with Crippen molar-refractivity contribution in [2.24, 2.45) is 0 Å². The van der Waals surface area contributed by atoms with E-state index in [9.17, 15) is 14.4 Å². The molecule has 0 saturated carbocycles. The molecule has 1 fully saturated rings. The fourth-order valence-electron chi connectivity index (χ4n) is 2.91. The number of carbonyl (C=O) groups excluding carboxylic acids is 3. The Morgan fingerprint density at radius 1 is 1.16 bits per heavy atom. The molecule has 3 amide bonds. The second-order valence-electron chi connectivity index (χ2n) is 6.51. The van der Waals surface area contributed by atoms with Gasteiger partial charge in [-0.25, -0.2) is 0 Å². The van der Waals surface area contributed by atoms with Crippen molar-refractivity contribution in [3.8, 4) is 17.2 Å². The van der Waals surface area contributed by atoms with Crippen molar-refractivity contribution in [3.63, 3.8) is 0 Å². The van der Waals surface area contributed by atoms with Gasteiger partial charge in [0.2, 0.25) is 5.91 Å². The quantitative estimate of drug-likeness (QED) is 0.373. The van der Waals surface area contributed by atoms with Gasteiger partial charge in [0.25, 0.3) is 11.1 Å². The van der Waals surface area contributed by atoms with Gasteiger partial charge in [-0.3, -0.25) is 19.3 Å². The fraction of sp³-hybridized carbons (Fsp3) is 0.227. The van der Waals surface area contributed by atoms with Gasteiger partial charge in [-0.1, -0.05) is 0 Å². The van der Waals surface area contributed by atoms with Crippen LogP contribution >= 0.6 is 34.4 Å². The minimum Gasteiger partial charge on any atom is -0.497 e. The highest BCUT2D eigenvalue weighted by molar-refractivity contribution is 14.1. The molecule has 0 unspecified atom stereocenters. The highest BCUT2D eigenvalue weighted by atomic mass is 127. The molecule has 1 aliphatic heterocycles. The van der Waals surface area contributed by atoms with Crippen molar-refractivity contribution >= 4 is 63.2 Å². The molecule has 0 bridgehead atoms. The van der Waals surface area contributed by atoms with Crippen LogP contribution in [-0.2, 0) is 9.59 Å². The Balaban J connectivity index is 1.73. The largest absolute Gasteiger partial charge is 0.497 e. The van der Waals surface area contributed by atoms with E-state index in [0.717, 1.165) is 20.2 Å². The summed E-state index contributed by atoms with van der Waals surface area (Å²) in [5.74, 6) is 0.808. The zero-order valence-electron chi connectivity index (χ0n) is 17.6. The smallest absolute Gasteiger partial charge is 0.294 e. The Morgan fingerprint density at radius 2 is 1.88 bits per heavy atom. The molecule has 0 spiro atoms. The summed E-state index contributed by atoms with van der Waals surface area (Å²) in [6, 6.07) is 10.3. The molecule has 32 heavy (non-hydrogen) atoms. The molecular formula is C22H21IN2O6S. The third-order valence-electron chi connectivity index (χ3n) is 4.39. The van der Waals surface area contributed by atoms with Crippen LogP contribution in [0.1, 0.15) is 12.5 Å². The first kappa shape index (κ1) is 23.9. The molecule has 0 aliphatic carbocycles. The number of thioether (sulfide) groups is 1. The van der Waals surface area contributed by atoms with E-state index >= 15 is 0 Å². The van der Waals surface area contributed by atoms with E-state index in [4.69, 9.17) is 14.2 Å². The third kappa shape index (κ3) is 5.54. The number of hydrogen-bond acceptors (Lipinski definition) is 7. The van der Waals surface area contributed by atoms with Crippen molar-refractivity contribution < 1.29 is 28.6 Å². The molecule has 8 nitrogen and oxygen atoms in total. The van der Waals surface area contributed by atoms with Gasteiger partial charge >= 0.3 is 0 Å². The van der Waals surface area contributed by atoms with Gasteiger partial charge in [-0.2, -0.15) is 0 Å². The first-order chi connectivity index (χ1) is 15.4. The first-order valence-electron chi connectivity index (χ1n) is 9.55. The molecule has 0 aromatic heterocycles. The number of benzene rings is 2. The van der Waals surface area contributed by atoms with Crippen LogP contribution in [0, 0.1) is 3.57 Å². The number of imide groups is 1. The Kier molecular flexibility index (Phi) is 8.02. The van der Waals surface area contributed by atoms with E-state index < -0.39 is 17.1 Å². The number of halogens is 1. The van der Waals surface area contributed by atoms with Crippen LogP contribution in [0.15, 0.2) is 41.3 Å². The third-order valence-corrected chi connectivity index (χ3v) is 6.10. The predicted molar refractivity (Wildman–Crippen MR) is 131 cm³/mol. The van der Waals surface area contributed by atoms with Crippen molar-refractivity contribution in [3.05, 3.63) is 50.4 Å². The van der Waals surface area contributed by atoms with Crippen LogP contribution in [0.2, 0.25) is 0 Å². The number of methoxy groups -OCH3 is 2. The topological polar surface area (TPSA) is 94.2 Å². The molecule has 1 N–H and O–H groups in total. The molecule has 1 saturated heterocycles. The number of nitrogens with one attached hydrogen (secondary N) is 1. The highest BCUT2D eigenvalue weighted by Crippen LogP contribution is 2.37. The van der Waals surface area contributed by atoms with Crippen LogP contribution < -0.4 is 19.5 Å². The summed E-state index contributed by atoms with van der Waals surface area (Å²) in [4.78, 5) is 38.6. The van der Waals surface area contributed by atoms with Crippen molar-refractivity contribution in [1.82, 2.24) is 4.90 Å². The highest BCUT2D eigenvalue weighted by Gasteiger charge is 2.36. The molecule has 0 atom stereocenters. The zero-order valence-corrected chi connectivity index (χ0v) is 20.6. The molecule has 1 aliphatic rings. The van der Waals surface area contributed by atoms with E-state index in [-0.39, 0.29) is 11.4 Å². The van der Waals surface area contributed by atoms with E-state index in [1.165, 1.54) is 7.11 Å². The zero-order chi connectivity index (χ0) is 23.3. The lowest BCUT2D eigenvalue weighted by Gasteiger charge is -2.13. The lowest BCUT2D eigenvalue weighted by molar-refractivity contribution is -0.127. The summed E-state index contributed by atoms with van der Waals surface area (Å²) in [5, 5.41) is 2.16. The van der Waals surface area contributed by atoms with Crippen LogP contribution in [0.25, 0.3) is 6.08 Å². The fourth-order valence-corrected chi connectivity index (χ4v) is 4.53. The second kappa shape index (κ2) is 10.7. The Bertz CT molecular complexity index is 1070. The SMILES string of the molecule is CCOc1c(I)cc(/C=C2/SC(=O)N(CC(=O)Nc3ccc(OC)cc3)C2=O)cc1OC. The predicted octanol–water partition coefficient (Wildman–Crippen LogP) is 4.38. The Hall–Kier alpha value is -2.73. The van der Waals surface area contributed by atoms with Gasteiger partial charge in [0.1, 0.15) is 12.3 Å². The van der Waals surface area contributed by atoms with E-state index in [2.05, 4.69) is 27.9 Å². The number of amides is 3. The number of rotatable bonds is 8. The number of hydrogen-bond donors (Lipinski definition) is 1. The number of ether oxygens (including phenoxy) is 3. The van der Waals surface area contributed by atoms with Gasteiger partial charge in [-0.15, -0.1) is 0 Å². The maximum Gasteiger partial charge on any atom is 0.294 e. The summed E-state index contributed by atoms with van der Waals surface area (Å²) in [5.41, 5.74) is 1.22. The first-order valence-corrected chi connectivity index (χ1v) is 11.4. The number of anilines is 1. The van der Waals surface area contributed by atoms with Crippen LogP contribution in [0.3, 0.4) is 0 Å². The van der Waals surface area contributed by atoms with Crippen molar-refractivity contribution in [2.75, 3.05) is 32.7 Å². The van der Waals surface area contributed by atoms with Crippen LogP contribution in [0.4, 0.5) is 10.5 Å². The van der Waals surface area contributed by atoms with Gasteiger partial charge < -0.3 is 19.5 Å². The van der Waals surface area contributed by atoms with E-state index in [1.54, 1.807) is 43.5 Å². The van der Waals surface area contributed by atoms with Gasteiger partial charge in [-0.05, 0) is 89.3 Å². The molecular weight excluding hydrogens is 547 g/mol. The maximum absolute atomic E-state index is 12.8. The van der Waals surface area contributed by atoms with Gasteiger partial charge in [0.15, 0.2) is 11.5 Å². The summed E-state index contributed by atoms with van der Waals surface area (Å²) in [6.45, 7) is 1.99. The molecule has 2 aromatic rings. The number of nitrogens with zero attached hydrogens (tertiary/aromatic N) is 1. The molecule has 3 rings (SSSR count). The minimum atomic E-state index is -0.521. The lowest BCUT2D eigenvalue weighted by Crippen LogP contribution is -2.36. The average molecular weight is 568 g/mol. The Labute approximate surface area is 203 Å². The maximum atomic E-state index is 12.8. The normalized spacial score (nSPS) is 14.6. The molecule has 2 aromatic carbocycles. The molecule has 0 radical (unpaired) electrons. The van der Waals surface area contributed by atoms with Crippen LogP contribution in [-0.4, -0.2) is 49.3 Å². The minimum absolute atomic E-state index is 0.231. The monoisotopic (exact) mass is 568 g/mol. The molecule has 10 heteroatoms. The summed E-state index contributed by atoms with van der Waals surface area (Å²) in [7, 11) is 3.08. The van der Waals surface area contributed by atoms with Gasteiger partial charge in [0, 0.05) is 5.69 Å². The van der Waals surface area contributed by atoms with E-state index in [0.29, 0.717) is 35.1 Å². The summed E-state index contributed by atoms with van der Waals surface area (Å²) in [6.07, 6.45) is 1.60. The van der Waals surface area contributed by atoms with E-state index in [1.807, 2.05) is 13.0 Å². The Morgan fingerprint density at radius 3 is 2.50 bits per heavy atom. The summed E-state index contributed by atoms with van der Waals surface area (Å²) >= 11 is 2.92. The molecule has 168 valence electrons. The molecule has 1 heterocycles. The van der Waals surface area contributed by atoms with Gasteiger partial charge in [0.05, 0.1) is 29.3 Å². The lowest BCUT2D eigenvalue weighted by atomic mass is 10.2.